The summed E-state index contributed by atoms with van der Waals surface area (Å²) in [5.74, 6) is -0.906. The molecule has 0 radical (unpaired) electrons. The Morgan fingerprint density at radius 1 is 1.03 bits per heavy atom. The Morgan fingerprint density at radius 2 is 1.71 bits per heavy atom. The normalized spacial score (nSPS) is 11.5. The zero-order valence-corrected chi connectivity index (χ0v) is 18.4. The van der Waals surface area contributed by atoms with Gasteiger partial charge in [0.2, 0.25) is 0 Å². The van der Waals surface area contributed by atoms with Gasteiger partial charge in [-0.05, 0) is 73.2 Å². The molecule has 6 nitrogen and oxygen atoms in total. The maximum Gasteiger partial charge on any atom is 0.261 e. The molecule has 0 saturated carbocycles. The molecule has 0 aliphatic carbocycles. The van der Waals surface area contributed by atoms with Crippen LogP contribution in [0.4, 0.5) is 15.2 Å². The van der Waals surface area contributed by atoms with Crippen molar-refractivity contribution in [1.82, 2.24) is 4.98 Å². The van der Waals surface area contributed by atoms with Crippen molar-refractivity contribution in [2.24, 2.45) is 0 Å². The number of aromatic nitrogens is 1. The van der Waals surface area contributed by atoms with Gasteiger partial charge in [-0.1, -0.05) is 22.9 Å². The minimum Gasteiger partial charge on any atom is -0.298 e. The van der Waals surface area contributed by atoms with Gasteiger partial charge in [0.25, 0.3) is 15.9 Å². The molecule has 1 heterocycles. The molecule has 1 aromatic heterocycles. The maximum absolute atomic E-state index is 13.0. The first-order chi connectivity index (χ1) is 14.7. The Labute approximate surface area is 186 Å². The van der Waals surface area contributed by atoms with E-state index in [-0.39, 0.29) is 16.5 Å². The third-order valence-corrected chi connectivity index (χ3v) is 7.23. The molecule has 3 aromatic carbocycles. The first-order valence-corrected chi connectivity index (χ1v) is 11.7. The first-order valence-electron chi connectivity index (χ1n) is 8.98. The minimum atomic E-state index is -3.87. The summed E-state index contributed by atoms with van der Waals surface area (Å²) >= 11 is 7.45. The summed E-state index contributed by atoms with van der Waals surface area (Å²) in [4.78, 5) is 16.9. The average molecular weight is 476 g/mol. The molecule has 0 fully saturated rings. The summed E-state index contributed by atoms with van der Waals surface area (Å²) in [5.41, 5.74) is 2.18. The van der Waals surface area contributed by atoms with Crippen LogP contribution in [0, 0.1) is 12.7 Å². The van der Waals surface area contributed by atoms with Gasteiger partial charge in [0, 0.05) is 16.3 Å². The lowest BCUT2D eigenvalue weighted by Gasteiger charge is -2.09. The van der Waals surface area contributed by atoms with Crippen molar-refractivity contribution < 1.29 is 17.6 Å². The number of hydrogen-bond acceptors (Lipinski definition) is 5. The lowest BCUT2D eigenvalue weighted by Crippen LogP contribution is -2.14. The molecule has 1 amide bonds. The molecule has 0 aliphatic heterocycles. The summed E-state index contributed by atoms with van der Waals surface area (Å²) < 4.78 is 41.1. The van der Waals surface area contributed by atoms with Gasteiger partial charge in [0.05, 0.1) is 15.1 Å². The van der Waals surface area contributed by atoms with Crippen LogP contribution in [-0.4, -0.2) is 19.3 Å². The number of anilines is 2. The molecule has 0 atom stereocenters. The second-order valence-electron chi connectivity index (χ2n) is 6.63. The zero-order chi connectivity index (χ0) is 22.2. The topological polar surface area (TPSA) is 88.2 Å². The van der Waals surface area contributed by atoms with Crippen LogP contribution in [-0.2, 0) is 10.0 Å². The van der Waals surface area contributed by atoms with Crippen molar-refractivity contribution in [2.75, 3.05) is 10.0 Å². The van der Waals surface area contributed by atoms with Crippen LogP contribution in [0.3, 0.4) is 0 Å². The van der Waals surface area contributed by atoms with E-state index < -0.39 is 15.8 Å². The Morgan fingerprint density at radius 3 is 2.39 bits per heavy atom. The molecule has 0 spiro atoms. The molecular weight excluding hydrogens is 461 g/mol. The molecule has 10 heteroatoms. The molecule has 2 N–H and O–H groups in total. The number of carbonyl (C=O) groups is 1. The van der Waals surface area contributed by atoms with Gasteiger partial charge in [0.15, 0.2) is 5.13 Å². The monoisotopic (exact) mass is 475 g/mol. The Kier molecular flexibility index (Phi) is 5.65. The highest BCUT2D eigenvalue weighted by Crippen LogP contribution is 2.31. The number of benzene rings is 3. The minimum absolute atomic E-state index is 0.0676. The van der Waals surface area contributed by atoms with E-state index in [9.17, 15) is 17.6 Å². The highest BCUT2D eigenvalue weighted by Gasteiger charge is 2.16. The number of nitrogens with one attached hydrogen (secondary N) is 2. The molecule has 0 saturated heterocycles. The number of halogens is 2. The average Bonchev–Trinajstić information content (AvgIpc) is 3.14. The predicted octanol–water partition coefficient (Wildman–Crippen LogP) is 5.45. The lowest BCUT2D eigenvalue weighted by atomic mass is 10.2. The molecule has 0 aliphatic rings. The van der Waals surface area contributed by atoms with E-state index in [2.05, 4.69) is 15.0 Å². The number of sulfonamides is 1. The van der Waals surface area contributed by atoms with Crippen LogP contribution < -0.4 is 10.0 Å². The summed E-state index contributed by atoms with van der Waals surface area (Å²) in [5, 5.41) is 3.79. The van der Waals surface area contributed by atoms with Gasteiger partial charge in [-0.3, -0.25) is 14.8 Å². The Hall–Kier alpha value is -3.01. The van der Waals surface area contributed by atoms with Gasteiger partial charge < -0.3 is 0 Å². The van der Waals surface area contributed by atoms with Gasteiger partial charge in [0.1, 0.15) is 5.82 Å². The van der Waals surface area contributed by atoms with Crippen LogP contribution in [0.25, 0.3) is 10.2 Å². The Bertz CT molecular complexity index is 1390. The summed E-state index contributed by atoms with van der Waals surface area (Å²) in [7, 11) is -3.87. The van der Waals surface area contributed by atoms with E-state index in [4.69, 9.17) is 11.6 Å². The Balaban J connectivity index is 1.48. The lowest BCUT2D eigenvalue weighted by molar-refractivity contribution is 0.102. The SMILES string of the molecule is Cc1c(Cl)ccc2sc(NC(=O)c3ccc(NS(=O)(=O)c4ccc(F)cc4)cc3)nc12. The standard InChI is InChI=1S/C21H15ClFN3O3S2/c1-12-17(22)10-11-18-19(12)24-21(30-18)25-20(27)13-2-6-15(7-3-13)26-31(28,29)16-8-4-14(23)5-9-16/h2-11,26H,1H3,(H,24,25,27). The van der Waals surface area contributed by atoms with Crippen molar-refractivity contribution >= 4 is 59.9 Å². The summed E-state index contributed by atoms with van der Waals surface area (Å²) in [6.45, 7) is 1.86. The van der Waals surface area contributed by atoms with Gasteiger partial charge in [-0.25, -0.2) is 17.8 Å². The fourth-order valence-corrected chi connectivity index (χ4v) is 4.97. The largest absolute Gasteiger partial charge is 0.298 e. The summed E-state index contributed by atoms with van der Waals surface area (Å²) in [6, 6.07) is 14.0. The summed E-state index contributed by atoms with van der Waals surface area (Å²) in [6.07, 6.45) is 0. The number of thiazole rings is 1. The highest BCUT2D eigenvalue weighted by molar-refractivity contribution is 7.92. The second kappa shape index (κ2) is 8.26. The van der Waals surface area contributed by atoms with Crippen LogP contribution in [0.1, 0.15) is 15.9 Å². The molecule has 0 unspecified atom stereocenters. The van der Waals surface area contributed by atoms with Crippen molar-refractivity contribution in [3.8, 4) is 0 Å². The molecule has 31 heavy (non-hydrogen) atoms. The molecule has 4 rings (SSSR count). The second-order valence-corrected chi connectivity index (χ2v) is 9.75. The van der Waals surface area contributed by atoms with Gasteiger partial charge in [-0.15, -0.1) is 0 Å². The van der Waals surface area contributed by atoms with Crippen molar-refractivity contribution in [1.29, 1.82) is 0 Å². The van der Waals surface area contributed by atoms with Crippen molar-refractivity contribution in [2.45, 2.75) is 11.8 Å². The highest BCUT2D eigenvalue weighted by atomic mass is 35.5. The van der Waals surface area contributed by atoms with E-state index in [0.717, 1.165) is 27.9 Å². The number of carbonyl (C=O) groups excluding carboxylic acids is 1. The molecule has 0 bridgehead atoms. The van der Waals surface area contributed by atoms with Crippen molar-refractivity contribution in [3.63, 3.8) is 0 Å². The predicted molar refractivity (Wildman–Crippen MR) is 121 cm³/mol. The van der Waals surface area contributed by atoms with E-state index >= 15 is 0 Å². The van der Waals surface area contributed by atoms with E-state index in [1.807, 2.05) is 13.0 Å². The van der Waals surface area contributed by atoms with Gasteiger partial charge in [-0.2, -0.15) is 0 Å². The number of fused-ring (bicyclic) bond motifs is 1. The molecular formula is C21H15ClFN3O3S2. The van der Waals surface area contributed by atoms with Gasteiger partial charge >= 0.3 is 0 Å². The van der Waals surface area contributed by atoms with E-state index in [1.165, 1.54) is 47.7 Å². The van der Waals surface area contributed by atoms with E-state index in [1.54, 1.807) is 6.07 Å². The fraction of sp³-hybridized carbons (Fsp3) is 0.0476. The number of nitrogens with zero attached hydrogens (tertiary/aromatic N) is 1. The van der Waals surface area contributed by atoms with E-state index in [0.29, 0.717) is 15.7 Å². The smallest absolute Gasteiger partial charge is 0.261 e. The maximum atomic E-state index is 13.0. The number of hydrogen-bond donors (Lipinski definition) is 2. The molecule has 4 aromatic rings. The van der Waals surface area contributed by atoms with Crippen LogP contribution in [0.15, 0.2) is 65.6 Å². The van der Waals surface area contributed by atoms with Crippen LogP contribution in [0.5, 0.6) is 0 Å². The fourth-order valence-electron chi connectivity index (χ4n) is 2.84. The van der Waals surface area contributed by atoms with Crippen LogP contribution in [0.2, 0.25) is 5.02 Å². The first kappa shape index (κ1) is 21.2. The molecule has 158 valence electrons. The quantitative estimate of drug-likeness (QED) is 0.401. The number of amides is 1. The number of rotatable bonds is 5. The number of aryl methyl sites for hydroxylation is 1. The van der Waals surface area contributed by atoms with Crippen LogP contribution >= 0.6 is 22.9 Å². The third-order valence-electron chi connectivity index (χ3n) is 4.49. The zero-order valence-electron chi connectivity index (χ0n) is 16.0. The third kappa shape index (κ3) is 4.53. The van der Waals surface area contributed by atoms with Crippen molar-refractivity contribution in [3.05, 3.63) is 82.6 Å².